The Morgan fingerprint density at radius 2 is 2.28 bits per heavy atom. The van der Waals surface area contributed by atoms with Gasteiger partial charge in [-0.1, -0.05) is 0 Å². The van der Waals surface area contributed by atoms with Crippen molar-refractivity contribution in [1.29, 1.82) is 5.26 Å². The number of nitrogens with two attached hydrogens (primary N) is 1. The molecular weight excluding hydrogens is 226 g/mol. The van der Waals surface area contributed by atoms with Gasteiger partial charge < -0.3 is 15.5 Å². The zero-order valence-corrected chi connectivity index (χ0v) is 10.9. The maximum absolute atomic E-state index is 8.96. The van der Waals surface area contributed by atoms with E-state index in [1.54, 1.807) is 6.07 Å². The zero-order chi connectivity index (χ0) is 13.1. The Morgan fingerprint density at radius 3 is 2.94 bits per heavy atom. The van der Waals surface area contributed by atoms with Crippen LogP contribution in [-0.2, 0) is 0 Å². The number of likely N-dealkylation sites (N-methyl/N-ethyl adjacent to an activating group) is 1. The molecule has 0 amide bonds. The molecule has 0 spiro atoms. The van der Waals surface area contributed by atoms with Crippen LogP contribution in [0.4, 0.5) is 11.5 Å². The standard InChI is InChI=1S/C13H19N5/c1-17(2)10-4-3-7-18(9-10)13-6-5-11(15)12(8-14)16-13/h5-6,10H,3-4,7,9,15H2,1-2H3. The number of pyridine rings is 1. The van der Waals surface area contributed by atoms with Crippen LogP contribution in [0.1, 0.15) is 18.5 Å². The summed E-state index contributed by atoms with van der Waals surface area (Å²) < 4.78 is 0. The van der Waals surface area contributed by atoms with Crippen LogP contribution in [0.3, 0.4) is 0 Å². The van der Waals surface area contributed by atoms with E-state index in [0.29, 0.717) is 17.4 Å². The average molecular weight is 245 g/mol. The van der Waals surface area contributed by atoms with Gasteiger partial charge in [-0.2, -0.15) is 5.26 Å². The van der Waals surface area contributed by atoms with E-state index in [4.69, 9.17) is 11.0 Å². The molecule has 0 aromatic carbocycles. The summed E-state index contributed by atoms with van der Waals surface area (Å²) in [5.41, 5.74) is 6.46. The van der Waals surface area contributed by atoms with Crippen molar-refractivity contribution in [2.24, 2.45) is 0 Å². The molecule has 0 aliphatic carbocycles. The van der Waals surface area contributed by atoms with Crippen molar-refractivity contribution in [1.82, 2.24) is 9.88 Å². The van der Waals surface area contributed by atoms with E-state index in [1.807, 2.05) is 12.1 Å². The van der Waals surface area contributed by atoms with Gasteiger partial charge in [-0.05, 0) is 39.1 Å². The molecule has 5 nitrogen and oxygen atoms in total. The third-order valence-corrected chi connectivity index (χ3v) is 3.47. The minimum absolute atomic E-state index is 0.319. The summed E-state index contributed by atoms with van der Waals surface area (Å²) in [7, 11) is 4.20. The Bertz CT molecular complexity index is 463. The van der Waals surface area contributed by atoms with Gasteiger partial charge >= 0.3 is 0 Å². The Labute approximate surface area is 108 Å². The smallest absolute Gasteiger partial charge is 0.165 e. The van der Waals surface area contributed by atoms with E-state index in [9.17, 15) is 0 Å². The molecule has 1 aliphatic rings. The lowest BCUT2D eigenvalue weighted by molar-refractivity contribution is 0.257. The Hall–Kier alpha value is -1.80. The van der Waals surface area contributed by atoms with E-state index in [2.05, 4.69) is 28.9 Å². The fourth-order valence-corrected chi connectivity index (χ4v) is 2.31. The molecule has 1 fully saturated rings. The van der Waals surface area contributed by atoms with Crippen LogP contribution < -0.4 is 10.6 Å². The quantitative estimate of drug-likeness (QED) is 0.844. The number of nitrogen functional groups attached to an aromatic ring is 1. The van der Waals surface area contributed by atoms with Crippen molar-refractivity contribution in [2.45, 2.75) is 18.9 Å². The van der Waals surface area contributed by atoms with Crippen LogP contribution in [0.15, 0.2) is 12.1 Å². The Kier molecular flexibility index (Phi) is 3.68. The molecule has 96 valence electrons. The molecular formula is C13H19N5. The van der Waals surface area contributed by atoms with E-state index in [1.165, 1.54) is 6.42 Å². The number of hydrogen-bond donors (Lipinski definition) is 1. The first-order valence-electron chi connectivity index (χ1n) is 6.20. The lowest BCUT2D eigenvalue weighted by Crippen LogP contribution is -2.45. The predicted octanol–water partition coefficient (Wildman–Crippen LogP) is 1.07. The third-order valence-electron chi connectivity index (χ3n) is 3.47. The first-order chi connectivity index (χ1) is 8.61. The predicted molar refractivity (Wildman–Crippen MR) is 72.3 cm³/mol. The second-order valence-corrected chi connectivity index (χ2v) is 4.92. The number of nitrogens with zero attached hydrogens (tertiary/aromatic N) is 4. The zero-order valence-electron chi connectivity index (χ0n) is 10.9. The SMILES string of the molecule is CN(C)C1CCCN(c2ccc(N)c(C#N)n2)C1. The van der Waals surface area contributed by atoms with Crippen LogP contribution in [0.2, 0.25) is 0 Å². The summed E-state index contributed by atoms with van der Waals surface area (Å²) in [5, 5.41) is 8.96. The number of aromatic nitrogens is 1. The van der Waals surface area contributed by atoms with Crippen molar-refractivity contribution in [2.75, 3.05) is 37.8 Å². The highest BCUT2D eigenvalue weighted by molar-refractivity contribution is 5.55. The average Bonchev–Trinajstić information content (AvgIpc) is 2.39. The number of piperidine rings is 1. The highest BCUT2D eigenvalue weighted by Gasteiger charge is 2.22. The van der Waals surface area contributed by atoms with Crippen molar-refractivity contribution in [3.63, 3.8) is 0 Å². The van der Waals surface area contributed by atoms with Gasteiger partial charge in [-0.25, -0.2) is 4.98 Å². The molecule has 1 aliphatic heterocycles. The summed E-state index contributed by atoms with van der Waals surface area (Å²) >= 11 is 0. The lowest BCUT2D eigenvalue weighted by atomic mass is 10.0. The molecule has 2 rings (SSSR count). The topological polar surface area (TPSA) is 69.2 Å². The fourth-order valence-electron chi connectivity index (χ4n) is 2.31. The van der Waals surface area contributed by atoms with E-state index >= 15 is 0 Å². The highest BCUT2D eigenvalue weighted by Crippen LogP contribution is 2.21. The molecule has 18 heavy (non-hydrogen) atoms. The second kappa shape index (κ2) is 5.23. The van der Waals surface area contributed by atoms with E-state index in [-0.39, 0.29) is 0 Å². The van der Waals surface area contributed by atoms with E-state index < -0.39 is 0 Å². The van der Waals surface area contributed by atoms with Crippen LogP contribution in [0.25, 0.3) is 0 Å². The van der Waals surface area contributed by atoms with Crippen LogP contribution in [0.5, 0.6) is 0 Å². The summed E-state index contributed by atoms with van der Waals surface area (Å²) in [5.74, 6) is 0.854. The maximum Gasteiger partial charge on any atom is 0.165 e. The van der Waals surface area contributed by atoms with Gasteiger partial charge in [0.05, 0.1) is 5.69 Å². The molecule has 5 heteroatoms. The molecule has 1 aromatic rings. The molecule has 2 heterocycles. The van der Waals surface area contributed by atoms with Crippen LogP contribution >= 0.6 is 0 Å². The van der Waals surface area contributed by atoms with E-state index in [0.717, 1.165) is 25.3 Å². The highest BCUT2D eigenvalue weighted by atomic mass is 15.2. The molecule has 0 bridgehead atoms. The summed E-state index contributed by atoms with van der Waals surface area (Å²) in [6.45, 7) is 1.95. The van der Waals surface area contributed by atoms with Gasteiger partial charge in [0, 0.05) is 19.1 Å². The van der Waals surface area contributed by atoms with Crippen molar-refractivity contribution >= 4 is 11.5 Å². The van der Waals surface area contributed by atoms with Gasteiger partial charge in [0.2, 0.25) is 0 Å². The van der Waals surface area contributed by atoms with Crippen molar-refractivity contribution < 1.29 is 0 Å². The molecule has 0 radical (unpaired) electrons. The molecule has 1 aromatic heterocycles. The fraction of sp³-hybridized carbons (Fsp3) is 0.538. The number of nitriles is 1. The van der Waals surface area contributed by atoms with Crippen molar-refractivity contribution in [3.05, 3.63) is 17.8 Å². The minimum atomic E-state index is 0.319. The first-order valence-corrected chi connectivity index (χ1v) is 6.20. The lowest BCUT2D eigenvalue weighted by Gasteiger charge is -2.36. The number of rotatable bonds is 2. The van der Waals surface area contributed by atoms with Gasteiger partial charge in [0.1, 0.15) is 11.9 Å². The molecule has 2 N–H and O–H groups in total. The number of anilines is 2. The molecule has 1 saturated heterocycles. The molecule has 0 saturated carbocycles. The van der Waals surface area contributed by atoms with Crippen LogP contribution in [-0.4, -0.2) is 43.1 Å². The Balaban J connectivity index is 2.19. The third kappa shape index (κ3) is 2.54. The molecule has 1 unspecified atom stereocenters. The largest absolute Gasteiger partial charge is 0.396 e. The summed E-state index contributed by atoms with van der Waals surface area (Å²) in [6.07, 6.45) is 2.36. The summed E-state index contributed by atoms with van der Waals surface area (Å²) in [6, 6.07) is 6.24. The maximum atomic E-state index is 8.96. The van der Waals surface area contributed by atoms with Crippen LogP contribution in [0, 0.1) is 11.3 Å². The monoisotopic (exact) mass is 245 g/mol. The van der Waals surface area contributed by atoms with Gasteiger partial charge in [0.25, 0.3) is 0 Å². The second-order valence-electron chi connectivity index (χ2n) is 4.92. The van der Waals surface area contributed by atoms with Crippen molar-refractivity contribution in [3.8, 4) is 6.07 Å². The van der Waals surface area contributed by atoms with Gasteiger partial charge in [-0.3, -0.25) is 0 Å². The minimum Gasteiger partial charge on any atom is -0.396 e. The van der Waals surface area contributed by atoms with Gasteiger partial charge in [-0.15, -0.1) is 0 Å². The van der Waals surface area contributed by atoms with Gasteiger partial charge in [0.15, 0.2) is 5.69 Å². The normalized spacial score (nSPS) is 19.9. The number of hydrogen-bond acceptors (Lipinski definition) is 5. The first kappa shape index (κ1) is 12.7. The molecule has 1 atom stereocenters. The summed E-state index contributed by atoms with van der Waals surface area (Å²) in [4.78, 5) is 8.80. The Morgan fingerprint density at radius 1 is 1.50 bits per heavy atom.